The van der Waals surface area contributed by atoms with Crippen molar-refractivity contribution in [1.29, 1.82) is 0 Å². The second-order valence-corrected chi connectivity index (χ2v) is 9.29. The molecule has 3 rings (SSSR count). The second kappa shape index (κ2) is 10.3. The van der Waals surface area contributed by atoms with Crippen LogP contribution in [0, 0.1) is 13.8 Å². The fraction of sp³-hybridized carbons (Fsp3) is 0.440. The number of amides is 2. The Morgan fingerprint density at radius 1 is 1.10 bits per heavy atom. The van der Waals surface area contributed by atoms with E-state index in [2.05, 4.69) is 21.2 Å². The van der Waals surface area contributed by atoms with Gasteiger partial charge in [0, 0.05) is 17.6 Å². The third kappa shape index (κ3) is 5.67. The summed E-state index contributed by atoms with van der Waals surface area (Å²) in [5.41, 5.74) is 2.93. The molecule has 1 N–H and O–H groups in total. The Morgan fingerprint density at radius 3 is 2.35 bits per heavy atom. The van der Waals surface area contributed by atoms with Crippen LogP contribution in [0.4, 0.5) is 5.69 Å². The SMILES string of the molecule is Cc1cc(Br)cc(C)c1OC(C)C(=O)Nc1ccccc1C(=O)N(C)C1CCCCC1. The summed E-state index contributed by atoms with van der Waals surface area (Å²) in [5, 5.41) is 2.90. The molecule has 6 heteroatoms. The van der Waals surface area contributed by atoms with Crippen molar-refractivity contribution in [2.45, 2.75) is 65.0 Å². The van der Waals surface area contributed by atoms with E-state index in [4.69, 9.17) is 4.74 Å². The standard InChI is InChI=1S/C25H31BrN2O3/c1-16-14-19(26)15-17(2)23(16)31-18(3)24(29)27-22-13-9-8-12-21(22)25(30)28(4)20-10-6-5-7-11-20/h8-9,12-15,18,20H,5-7,10-11H2,1-4H3,(H,27,29). The number of ether oxygens (including phenoxy) is 1. The van der Waals surface area contributed by atoms with Crippen LogP contribution in [0.25, 0.3) is 0 Å². The molecule has 0 aromatic heterocycles. The Labute approximate surface area is 193 Å². The Balaban J connectivity index is 1.72. The first-order valence-electron chi connectivity index (χ1n) is 10.9. The highest BCUT2D eigenvalue weighted by Crippen LogP contribution is 2.29. The van der Waals surface area contributed by atoms with E-state index < -0.39 is 6.10 Å². The lowest BCUT2D eigenvalue weighted by Gasteiger charge is -2.31. The van der Waals surface area contributed by atoms with Crippen molar-refractivity contribution < 1.29 is 14.3 Å². The molecule has 1 saturated carbocycles. The molecule has 2 aromatic carbocycles. The maximum atomic E-state index is 13.2. The van der Waals surface area contributed by atoms with Crippen LogP contribution in [0.3, 0.4) is 0 Å². The highest BCUT2D eigenvalue weighted by atomic mass is 79.9. The minimum atomic E-state index is -0.710. The molecular weight excluding hydrogens is 456 g/mol. The molecule has 1 aliphatic carbocycles. The smallest absolute Gasteiger partial charge is 0.265 e. The van der Waals surface area contributed by atoms with Crippen LogP contribution in [-0.2, 0) is 4.79 Å². The highest BCUT2D eigenvalue weighted by Gasteiger charge is 2.26. The molecule has 5 nitrogen and oxygen atoms in total. The van der Waals surface area contributed by atoms with Gasteiger partial charge in [0.25, 0.3) is 11.8 Å². The first-order valence-corrected chi connectivity index (χ1v) is 11.7. The predicted molar refractivity (Wildman–Crippen MR) is 128 cm³/mol. The quantitative estimate of drug-likeness (QED) is 0.554. The van der Waals surface area contributed by atoms with Gasteiger partial charge in [0.15, 0.2) is 6.10 Å². The normalized spacial score (nSPS) is 15.3. The highest BCUT2D eigenvalue weighted by molar-refractivity contribution is 9.10. The third-order valence-corrected chi connectivity index (χ3v) is 6.40. The van der Waals surface area contributed by atoms with Gasteiger partial charge in [0.05, 0.1) is 11.3 Å². The number of benzene rings is 2. The van der Waals surface area contributed by atoms with Crippen molar-refractivity contribution >= 4 is 33.4 Å². The molecular formula is C25H31BrN2O3. The van der Waals surface area contributed by atoms with Crippen molar-refractivity contribution in [3.8, 4) is 5.75 Å². The van der Waals surface area contributed by atoms with E-state index in [9.17, 15) is 9.59 Å². The molecule has 0 heterocycles. The average molecular weight is 487 g/mol. The van der Waals surface area contributed by atoms with E-state index in [0.29, 0.717) is 17.0 Å². The molecule has 166 valence electrons. The molecule has 2 amide bonds. The van der Waals surface area contributed by atoms with Crippen molar-refractivity contribution in [3.63, 3.8) is 0 Å². The zero-order chi connectivity index (χ0) is 22.5. The molecule has 0 radical (unpaired) electrons. The average Bonchev–Trinajstić information content (AvgIpc) is 2.76. The predicted octanol–water partition coefficient (Wildman–Crippen LogP) is 5.88. The number of hydrogen-bond donors (Lipinski definition) is 1. The van der Waals surface area contributed by atoms with Gasteiger partial charge < -0.3 is 15.0 Å². The van der Waals surface area contributed by atoms with Crippen LogP contribution in [-0.4, -0.2) is 35.9 Å². The topological polar surface area (TPSA) is 58.6 Å². The van der Waals surface area contributed by atoms with Gasteiger partial charge in [-0.3, -0.25) is 9.59 Å². The summed E-state index contributed by atoms with van der Waals surface area (Å²) in [6.45, 7) is 5.62. The Kier molecular flexibility index (Phi) is 7.76. The van der Waals surface area contributed by atoms with Gasteiger partial charge in [-0.05, 0) is 69.0 Å². The van der Waals surface area contributed by atoms with Gasteiger partial charge in [0.1, 0.15) is 5.75 Å². The number of aryl methyl sites for hydroxylation is 2. The molecule has 1 fully saturated rings. The molecule has 0 spiro atoms. The molecule has 1 aliphatic rings. The van der Waals surface area contributed by atoms with Gasteiger partial charge in [-0.15, -0.1) is 0 Å². The number of carbonyl (C=O) groups is 2. The lowest BCUT2D eigenvalue weighted by molar-refractivity contribution is -0.122. The second-order valence-electron chi connectivity index (χ2n) is 8.37. The molecule has 0 bridgehead atoms. The number of rotatable bonds is 6. The van der Waals surface area contributed by atoms with Crippen molar-refractivity contribution in [2.75, 3.05) is 12.4 Å². The number of carbonyl (C=O) groups excluding carboxylic acids is 2. The summed E-state index contributed by atoms with van der Waals surface area (Å²) in [7, 11) is 1.86. The van der Waals surface area contributed by atoms with Crippen molar-refractivity contribution in [1.82, 2.24) is 4.90 Å². The van der Waals surface area contributed by atoms with E-state index in [0.717, 1.165) is 41.3 Å². The summed E-state index contributed by atoms with van der Waals surface area (Å²) in [5.74, 6) is 0.352. The van der Waals surface area contributed by atoms with Gasteiger partial charge in [-0.2, -0.15) is 0 Å². The van der Waals surface area contributed by atoms with Gasteiger partial charge in [0.2, 0.25) is 0 Å². The molecule has 31 heavy (non-hydrogen) atoms. The number of hydrogen-bond acceptors (Lipinski definition) is 3. The monoisotopic (exact) mass is 486 g/mol. The first-order chi connectivity index (χ1) is 14.8. The van der Waals surface area contributed by atoms with Crippen molar-refractivity contribution in [2.24, 2.45) is 0 Å². The van der Waals surface area contributed by atoms with E-state index in [1.807, 2.05) is 50.1 Å². The van der Waals surface area contributed by atoms with Gasteiger partial charge >= 0.3 is 0 Å². The van der Waals surface area contributed by atoms with E-state index in [-0.39, 0.29) is 17.9 Å². The fourth-order valence-corrected chi connectivity index (χ4v) is 4.84. The minimum Gasteiger partial charge on any atom is -0.480 e. The maximum absolute atomic E-state index is 13.2. The number of nitrogens with zero attached hydrogens (tertiary/aromatic N) is 1. The van der Waals surface area contributed by atoms with Crippen LogP contribution in [0.5, 0.6) is 5.75 Å². The van der Waals surface area contributed by atoms with Crippen LogP contribution in [0.15, 0.2) is 40.9 Å². The molecule has 0 saturated heterocycles. The number of nitrogens with one attached hydrogen (secondary N) is 1. The lowest BCUT2D eigenvalue weighted by atomic mass is 9.94. The number of halogens is 1. The van der Waals surface area contributed by atoms with Crippen LogP contribution >= 0.6 is 15.9 Å². The summed E-state index contributed by atoms with van der Waals surface area (Å²) in [6.07, 6.45) is 4.91. The van der Waals surface area contributed by atoms with E-state index in [1.165, 1.54) is 6.42 Å². The summed E-state index contributed by atoms with van der Waals surface area (Å²) in [4.78, 5) is 27.9. The number of anilines is 1. The molecule has 2 aromatic rings. The zero-order valence-corrected chi connectivity index (χ0v) is 20.3. The molecule has 1 unspecified atom stereocenters. The summed E-state index contributed by atoms with van der Waals surface area (Å²) >= 11 is 3.48. The first kappa shape index (κ1) is 23.3. The fourth-order valence-electron chi connectivity index (χ4n) is 4.15. The minimum absolute atomic E-state index is 0.0593. The van der Waals surface area contributed by atoms with Gasteiger partial charge in [-0.1, -0.05) is 47.3 Å². The van der Waals surface area contributed by atoms with Crippen LogP contribution in [0.1, 0.15) is 60.5 Å². The summed E-state index contributed by atoms with van der Waals surface area (Å²) < 4.78 is 6.95. The number of para-hydroxylation sites is 1. The van der Waals surface area contributed by atoms with Crippen molar-refractivity contribution in [3.05, 3.63) is 57.6 Å². The largest absolute Gasteiger partial charge is 0.480 e. The third-order valence-electron chi connectivity index (χ3n) is 5.95. The van der Waals surface area contributed by atoms with E-state index in [1.54, 1.807) is 19.1 Å². The molecule has 0 aliphatic heterocycles. The zero-order valence-electron chi connectivity index (χ0n) is 18.7. The summed E-state index contributed by atoms with van der Waals surface area (Å²) in [6, 6.07) is 11.4. The Morgan fingerprint density at radius 2 is 1.71 bits per heavy atom. The Bertz CT molecular complexity index is 931. The van der Waals surface area contributed by atoms with Gasteiger partial charge in [-0.25, -0.2) is 0 Å². The molecule has 1 atom stereocenters. The van der Waals surface area contributed by atoms with Crippen LogP contribution in [0.2, 0.25) is 0 Å². The Hall–Kier alpha value is -2.34. The lowest BCUT2D eigenvalue weighted by Crippen LogP contribution is -2.39. The van der Waals surface area contributed by atoms with E-state index >= 15 is 0 Å². The van der Waals surface area contributed by atoms with Crippen LogP contribution < -0.4 is 10.1 Å². The maximum Gasteiger partial charge on any atom is 0.265 e.